The van der Waals surface area contributed by atoms with Gasteiger partial charge in [0.25, 0.3) is 0 Å². The van der Waals surface area contributed by atoms with Gasteiger partial charge in [-0.15, -0.1) is 0 Å². The number of piperidine rings is 1. The Morgan fingerprint density at radius 2 is 1.78 bits per heavy atom. The molecule has 1 N–H and O–H groups in total. The van der Waals surface area contributed by atoms with Crippen LogP contribution < -0.4 is 5.32 Å². The molecule has 1 aromatic rings. The molecule has 1 atom stereocenters. The van der Waals surface area contributed by atoms with Gasteiger partial charge < -0.3 is 10.1 Å². The van der Waals surface area contributed by atoms with Crippen LogP contribution in [-0.2, 0) is 20.7 Å². The van der Waals surface area contributed by atoms with E-state index in [2.05, 4.69) is 48.3 Å². The molecule has 0 bridgehead atoms. The number of benzene rings is 1. The van der Waals surface area contributed by atoms with Crippen LogP contribution >= 0.6 is 0 Å². The van der Waals surface area contributed by atoms with E-state index in [1.54, 1.807) is 0 Å². The molecular weight excluding hydrogens is 340 g/mol. The molecule has 0 aromatic heterocycles. The lowest BCUT2D eigenvalue weighted by Gasteiger charge is -2.30. The monoisotopic (exact) mass is 374 g/mol. The van der Waals surface area contributed by atoms with Gasteiger partial charge in [-0.05, 0) is 63.2 Å². The molecule has 1 aromatic carbocycles. The van der Waals surface area contributed by atoms with Crippen molar-refractivity contribution < 1.29 is 14.3 Å². The van der Waals surface area contributed by atoms with Crippen LogP contribution in [0.5, 0.6) is 0 Å². The molecule has 150 valence electrons. The Morgan fingerprint density at radius 1 is 1.15 bits per heavy atom. The van der Waals surface area contributed by atoms with E-state index in [-0.39, 0.29) is 23.8 Å². The molecule has 5 nitrogen and oxygen atoms in total. The number of hydrogen-bond donors (Lipinski definition) is 1. The highest BCUT2D eigenvalue weighted by Crippen LogP contribution is 2.19. The summed E-state index contributed by atoms with van der Waals surface area (Å²) in [6, 6.07) is 8.50. The van der Waals surface area contributed by atoms with Gasteiger partial charge in [0.15, 0.2) is 0 Å². The second-order valence-electron chi connectivity index (χ2n) is 7.93. The number of esters is 1. The Balaban J connectivity index is 1.76. The maximum atomic E-state index is 12.4. The lowest BCUT2D eigenvalue weighted by Crippen LogP contribution is -2.43. The minimum atomic E-state index is -0.101. The molecule has 1 saturated heterocycles. The fourth-order valence-corrected chi connectivity index (χ4v) is 3.57. The second-order valence-corrected chi connectivity index (χ2v) is 7.93. The van der Waals surface area contributed by atoms with Crippen LogP contribution in [0, 0.1) is 11.8 Å². The van der Waals surface area contributed by atoms with Gasteiger partial charge in [0, 0.05) is 0 Å². The first-order valence-electron chi connectivity index (χ1n) is 10.2. The molecule has 1 aliphatic rings. The van der Waals surface area contributed by atoms with E-state index in [1.165, 1.54) is 5.56 Å². The van der Waals surface area contributed by atoms with E-state index in [9.17, 15) is 9.59 Å². The second kappa shape index (κ2) is 10.5. The molecule has 1 amide bonds. The van der Waals surface area contributed by atoms with Crippen molar-refractivity contribution in [1.29, 1.82) is 0 Å². The fraction of sp³-hybridized carbons (Fsp3) is 0.636. The minimum Gasteiger partial charge on any atom is -0.466 e. The number of hydrogen-bond acceptors (Lipinski definition) is 4. The first-order valence-corrected chi connectivity index (χ1v) is 10.2. The Hall–Kier alpha value is -1.88. The summed E-state index contributed by atoms with van der Waals surface area (Å²) in [4.78, 5) is 26.3. The lowest BCUT2D eigenvalue weighted by molar-refractivity contribution is -0.149. The summed E-state index contributed by atoms with van der Waals surface area (Å²) < 4.78 is 5.09. The highest BCUT2D eigenvalue weighted by Gasteiger charge is 2.27. The third kappa shape index (κ3) is 6.98. The van der Waals surface area contributed by atoms with Crippen LogP contribution in [0.3, 0.4) is 0 Å². The molecule has 1 aliphatic heterocycles. The molecule has 0 aliphatic carbocycles. The Bertz CT molecular complexity index is 604. The van der Waals surface area contributed by atoms with E-state index in [0.29, 0.717) is 19.1 Å². The topological polar surface area (TPSA) is 58.6 Å². The van der Waals surface area contributed by atoms with Gasteiger partial charge in [-0.1, -0.05) is 38.1 Å². The van der Waals surface area contributed by atoms with E-state index >= 15 is 0 Å². The average molecular weight is 375 g/mol. The number of amides is 1. The molecule has 1 heterocycles. The summed E-state index contributed by atoms with van der Waals surface area (Å²) in [6.45, 7) is 10.6. The van der Waals surface area contributed by atoms with Gasteiger partial charge in [0.1, 0.15) is 0 Å². The molecule has 2 rings (SSSR count). The minimum absolute atomic E-state index is 0.0114. The predicted molar refractivity (Wildman–Crippen MR) is 107 cm³/mol. The number of rotatable bonds is 8. The fourth-order valence-electron chi connectivity index (χ4n) is 3.57. The SMILES string of the molecule is CCOC(=O)C1CCN(CC(=O)N[C@@H](C)c2ccc(CC(C)C)cc2)CC1. The van der Waals surface area contributed by atoms with Crippen molar-refractivity contribution in [2.75, 3.05) is 26.2 Å². The maximum absolute atomic E-state index is 12.4. The summed E-state index contributed by atoms with van der Waals surface area (Å²) in [7, 11) is 0. The number of likely N-dealkylation sites (tertiary alicyclic amines) is 1. The molecule has 0 unspecified atom stereocenters. The van der Waals surface area contributed by atoms with Crippen molar-refractivity contribution in [1.82, 2.24) is 10.2 Å². The van der Waals surface area contributed by atoms with Gasteiger partial charge >= 0.3 is 5.97 Å². The first kappa shape index (κ1) is 21.4. The molecule has 0 spiro atoms. The quantitative estimate of drug-likeness (QED) is 0.709. The van der Waals surface area contributed by atoms with E-state index in [1.807, 2.05) is 13.8 Å². The Labute approximate surface area is 163 Å². The van der Waals surface area contributed by atoms with Crippen LogP contribution in [0.2, 0.25) is 0 Å². The largest absolute Gasteiger partial charge is 0.466 e. The molecule has 0 radical (unpaired) electrons. The Morgan fingerprint density at radius 3 is 2.33 bits per heavy atom. The van der Waals surface area contributed by atoms with Crippen LogP contribution in [-0.4, -0.2) is 43.0 Å². The van der Waals surface area contributed by atoms with Crippen LogP contribution in [0.15, 0.2) is 24.3 Å². The van der Waals surface area contributed by atoms with Crippen molar-refractivity contribution in [3.63, 3.8) is 0 Å². The number of carbonyl (C=O) groups excluding carboxylic acids is 2. The summed E-state index contributed by atoms with van der Waals surface area (Å²) in [5, 5.41) is 3.09. The van der Waals surface area contributed by atoms with Gasteiger partial charge in [0.2, 0.25) is 5.91 Å². The number of ether oxygens (including phenoxy) is 1. The molecule has 27 heavy (non-hydrogen) atoms. The molecule has 1 fully saturated rings. The van der Waals surface area contributed by atoms with E-state index in [0.717, 1.165) is 37.9 Å². The third-order valence-corrected chi connectivity index (χ3v) is 5.08. The summed E-state index contributed by atoms with van der Waals surface area (Å²) >= 11 is 0. The van der Waals surface area contributed by atoms with Crippen molar-refractivity contribution >= 4 is 11.9 Å². The smallest absolute Gasteiger partial charge is 0.309 e. The first-order chi connectivity index (χ1) is 12.9. The molecular formula is C22H34N2O3. The van der Waals surface area contributed by atoms with Crippen molar-refractivity contribution in [3.8, 4) is 0 Å². The average Bonchev–Trinajstić information content (AvgIpc) is 2.62. The summed E-state index contributed by atoms with van der Waals surface area (Å²) in [5.41, 5.74) is 2.45. The summed E-state index contributed by atoms with van der Waals surface area (Å²) in [5.74, 6) is 0.549. The standard InChI is InChI=1S/C22H34N2O3/c1-5-27-22(26)20-10-12-24(13-11-20)15-21(25)23-17(4)19-8-6-18(7-9-19)14-16(2)3/h6-9,16-17,20H,5,10-15H2,1-4H3,(H,23,25)/t17-/m0/s1. The van der Waals surface area contributed by atoms with Gasteiger partial charge in [0.05, 0.1) is 25.1 Å². The van der Waals surface area contributed by atoms with Gasteiger partial charge in [-0.3, -0.25) is 14.5 Å². The van der Waals surface area contributed by atoms with Crippen LogP contribution in [0.1, 0.15) is 57.7 Å². The highest BCUT2D eigenvalue weighted by molar-refractivity contribution is 5.78. The van der Waals surface area contributed by atoms with Gasteiger partial charge in [-0.2, -0.15) is 0 Å². The van der Waals surface area contributed by atoms with Crippen molar-refractivity contribution in [2.24, 2.45) is 11.8 Å². The van der Waals surface area contributed by atoms with Crippen molar-refractivity contribution in [3.05, 3.63) is 35.4 Å². The predicted octanol–water partition coefficient (Wildman–Crippen LogP) is 3.34. The highest BCUT2D eigenvalue weighted by atomic mass is 16.5. The lowest BCUT2D eigenvalue weighted by atomic mass is 9.97. The zero-order valence-corrected chi connectivity index (χ0v) is 17.2. The van der Waals surface area contributed by atoms with Crippen LogP contribution in [0.25, 0.3) is 0 Å². The van der Waals surface area contributed by atoms with Crippen molar-refractivity contribution in [2.45, 2.75) is 53.0 Å². The third-order valence-electron chi connectivity index (χ3n) is 5.08. The van der Waals surface area contributed by atoms with Gasteiger partial charge in [-0.25, -0.2) is 0 Å². The van der Waals surface area contributed by atoms with E-state index in [4.69, 9.17) is 4.74 Å². The normalized spacial score (nSPS) is 16.9. The van der Waals surface area contributed by atoms with E-state index < -0.39 is 0 Å². The maximum Gasteiger partial charge on any atom is 0.309 e. The molecule has 0 saturated carbocycles. The zero-order valence-electron chi connectivity index (χ0n) is 17.2. The number of nitrogens with one attached hydrogen (secondary N) is 1. The zero-order chi connectivity index (χ0) is 19.8. The number of nitrogens with zero attached hydrogens (tertiary/aromatic N) is 1. The van der Waals surface area contributed by atoms with Crippen LogP contribution in [0.4, 0.5) is 0 Å². The molecule has 5 heteroatoms. The Kier molecular flexibility index (Phi) is 8.29. The summed E-state index contributed by atoms with van der Waals surface area (Å²) in [6.07, 6.45) is 2.60. The number of carbonyl (C=O) groups is 2.